The van der Waals surface area contributed by atoms with E-state index in [0.29, 0.717) is 29.5 Å². The van der Waals surface area contributed by atoms with Gasteiger partial charge in [-0.25, -0.2) is 4.98 Å². The lowest BCUT2D eigenvalue weighted by atomic mass is 9.66. The van der Waals surface area contributed by atoms with Crippen LogP contribution >= 0.6 is 22.9 Å². The summed E-state index contributed by atoms with van der Waals surface area (Å²) in [5, 5.41) is 17.5. The SMILES string of the molecule is CC(C)[C@@H](NC(=O)c1csc(-c2cccnc2)n1)C(=O)N1CC[C@](O)(c2ccc(Cl)cc2)C(C)(C)C1. The van der Waals surface area contributed by atoms with E-state index in [2.05, 4.69) is 15.3 Å². The smallest absolute Gasteiger partial charge is 0.271 e. The second-order valence-electron chi connectivity index (χ2n) is 10.2. The van der Waals surface area contributed by atoms with E-state index in [-0.39, 0.29) is 23.4 Å². The molecule has 1 saturated heterocycles. The van der Waals surface area contributed by atoms with Crippen molar-refractivity contribution in [2.24, 2.45) is 11.3 Å². The van der Waals surface area contributed by atoms with Gasteiger partial charge in [-0.1, -0.05) is 51.4 Å². The molecule has 1 aliphatic heterocycles. The Morgan fingerprint density at radius 2 is 1.92 bits per heavy atom. The van der Waals surface area contributed by atoms with Crippen LogP contribution in [0.5, 0.6) is 0 Å². The minimum Gasteiger partial charge on any atom is -0.384 e. The van der Waals surface area contributed by atoms with Gasteiger partial charge in [0.2, 0.25) is 5.91 Å². The van der Waals surface area contributed by atoms with Gasteiger partial charge in [0.25, 0.3) is 5.91 Å². The third-order valence-corrected chi connectivity index (χ3v) is 8.09. The fourth-order valence-electron chi connectivity index (χ4n) is 4.70. The van der Waals surface area contributed by atoms with Gasteiger partial charge in [-0.05, 0) is 42.2 Å². The number of aliphatic hydroxyl groups is 1. The molecule has 2 amide bonds. The van der Waals surface area contributed by atoms with Crippen LogP contribution in [-0.2, 0) is 10.4 Å². The van der Waals surface area contributed by atoms with Crippen LogP contribution in [0.1, 0.15) is 50.2 Å². The van der Waals surface area contributed by atoms with Crippen molar-refractivity contribution in [3.8, 4) is 10.6 Å². The van der Waals surface area contributed by atoms with Crippen molar-refractivity contribution in [1.29, 1.82) is 0 Å². The number of carbonyl (C=O) groups excluding carboxylic acids is 2. The molecule has 0 bridgehead atoms. The van der Waals surface area contributed by atoms with Crippen molar-refractivity contribution in [1.82, 2.24) is 20.2 Å². The molecule has 2 aromatic heterocycles. The van der Waals surface area contributed by atoms with Crippen molar-refractivity contribution < 1.29 is 14.7 Å². The molecule has 4 rings (SSSR count). The normalized spacial score (nSPS) is 20.2. The Balaban J connectivity index is 1.48. The van der Waals surface area contributed by atoms with Crippen LogP contribution in [0.3, 0.4) is 0 Å². The highest BCUT2D eigenvalue weighted by atomic mass is 35.5. The summed E-state index contributed by atoms with van der Waals surface area (Å²) in [5.74, 6) is -0.673. The van der Waals surface area contributed by atoms with E-state index < -0.39 is 17.1 Å². The van der Waals surface area contributed by atoms with Crippen LogP contribution in [0, 0.1) is 11.3 Å². The number of hydrogen-bond acceptors (Lipinski definition) is 6. The zero-order chi connectivity index (χ0) is 26.1. The average Bonchev–Trinajstić information content (AvgIpc) is 3.35. The molecular weight excluding hydrogens is 496 g/mol. The van der Waals surface area contributed by atoms with Crippen molar-refractivity contribution in [3.63, 3.8) is 0 Å². The van der Waals surface area contributed by atoms with Crippen LogP contribution in [0.4, 0.5) is 0 Å². The Labute approximate surface area is 220 Å². The number of piperidine rings is 1. The van der Waals surface area contributed by atoms with Crippen molar-refractivity contribution in [2.75, 3.05) is 13.1 Å². The molecule has 0 aliphatic carbocycles. The van der Waals surface area contributed by atoms with Gasteiger partial charge in [-0.15, -0.1) is 11.3 Å². The highest BCUT2D eigenvalue weighted by Crippen LogP contribution is 2.46. The molecule has 1 fully saturated rings. The molecule has 0 spiro atoms. The number of likely N-dealkylation sites (tertiary alicyclic amines) is 1. The largest absolute Gasteiger partial charge is 0.384 e. The fraction of sp³-hybridized carbons (Fsp3) is 0.407. The summed E-state index contributed by atoms with van der Waals surface area (Å²) >= 11 is 7.40. The Hall–Kier alpha value is -2.81. The van der Waals surface area contributed by atoms with E-state index in [1.165, 1.54) is 11.3 Å². The lowest BCUT2D eigenvalue weighted by Gasteiger charge is -2.51. The number of carbonyl (C=O) groups is 2. The standard InChI is InChI=1S/C27H31ClN4O3S/c1-17(2)22(31-23(33)21-15-36-24(30-21)18-6-5-12-29-14-18)25(34)32-13-11-27(35,26(3,4)16-32)19-7-9-20(28)10-8-19/h5-10,12,14-15,17,22,35H,11,13,16H2,1-4H3,(H,31,33)/t22-,27+/m1/s1. The summed E-state index contributed by atoms with van der Waals surface area (Å²) in [6.07, 6.45) is 3.76. The molecule has 9 heteroatoms. The summed E-state index contributed by atoms with van der Waals surface area (Å²) in [4.78, 5) is 36.9. The van der Waals surface area contributed by atoms with Gasteiger partial charge in [-0.2, -0.15) is 0 Å². The number of amides is 2. The number of nitrogens with zero attached hydrogens (tertiary/aromatic N) is 3. The molecule has 2 N–H and O–H groups in total. The van der Waals surface area contributed by atoms with Crippen molar-refractivity contribution in [2.45, 2.75) is 45.8 Å². The fourth-order valence-corrected chi connectivity index (χ4v) is 5.61. The van der Waals surface area contributed by atoms with E-state index in [9.17, 15) is 14.7 Å². The maximum absolute atomic E-state index is 13.6. The highest BCUT2D eigenvalue weighted by molar-refractivity contribution is 7.13. The highest BCUT2D eigenvalue weighted by Gasteiger charge is 2.50. The van der Waals surface area contributed by atoms with Crippen LogP contribution in [0.15, 0.2) is 54.2 Å². The first-order valence-corrected chi connectivity index (χ1v) is 13.2. The molecule has 1 aliphatic rings. The minimum absolute atomic E-state index is 0.127. The number of rotatable bonds is 6. The van der Waals surface area contributed by atoms with E-state index in [1.807, 2.05) is 52.0 Å². The van der Waals surface area contributed by atoms with Crippen LogP contribution in [0.25, 0.3) is 10.6 Å². The van der Waals surface area contributed by atoms with E-state index in [0.717, 1.165) is 11.1 Å². The minimum atomic E-state index is -1.10. The second kappa shape index (κ2) is 10.3. The predicted molar refractivity (Wildman–Crippen MR) is 142 cm³/mol. The molecule has 1 aromatic carbocycles. The summed E-state index contributed by atoms with van der Waals surface area (Å²) in [5.41, 5.74) is 0.169. The summed E-state index contributed by atoms with van der Waals surface area (Å²) in [6.45, 7) is 8.46. The van der Waals surface area contributed by atoms with Gasteiger partial charge < -0.3 is 15.3 Å². The predicted octanol–water partition coefficient (Wildman–Crippen LogP) is 4.76. The van der Waals surface area contributed by atoms with Crippen molar-refractivity contribution in [3.05, 3.63) is 70.5 Å². The second-order valence-corrected chi connectivity index (χ2v) is 11.5. The maximum Gasteiger partial charge on any atom is 0.271 e. The first kappa shape index (κ1) is 26.3. The molecule has 3 heterocycles. The average molecular weight is 527 g/mol. The molecular formula is C27H31ClN4O3S. The Bertz CT molecular complexity index is 1230. The summed E-state index contributed by atoms with van der Waals surface area (Å²) < 4.78 is 0. The lowest BCUT2D eigenvalue weighted by Crippen LogP contribution is -2.60. The number of hydrogen-bond donors (Lipinski definition) is 2. The number of aromatic nitrogens is 2. The van der Waals surface area contributed by atoms with E-state index in [4.69, 9.17) is 11.6 Å². The monoisotopic (exact) mass is 526 g/mol. The summed E-state index contributed by atoms with van der Waals surface area (Å²) in [7, 11) is 0. The number of thiazole rings is 1. The van der Waals surface area contributed by atoms with Gasteiger partial charge in [-0.3, -0.25) is 14.6 Å². The number of benzene rings is 1. The van der Waals surface area contributed by atoms with Gasteiger partial charge in [0, 0.05) is 46.9 Å². The van der Waals surface area contributed by atoms with Gasteiger partial charge >= 0.3 is 0 Å². The Morgan fingerprint density at radius 3 is 2.53 bits per heavy atom. The Kier molecular flexibility index (Phi) is 7.50. The molecule has 0 radical (unpaired) electrons. The van der Waals surface area contributed by atoms with Gasteiger partial charge in [0.1, 0.15) is 16.7 Å². The molecule has 36 heavy (non-hydrogen) atoms. The molecule has 0 unspecified atom stereocenters. The van der Waals surface area contributed by atoms with E-state index >= 15 is 0 Å². The quantitative estimate of drug-likeness (QED) is 0.483. The molecule has 0 saturated carbocycles. The number of pyridine rings is 1. The van der Waals surface area contributed by atoms with Crippen molar-refractivity contribution >= 4 is 34.8 Å². The van der Waals surface area contributed by atoms with Crippen LogP contribution in [-0.4, -0.2) is 50.9 Å². The Morgan fingerprint density at radius 1 is 1.19 bits per heavy atom. The third kappa shape index (κ3) is 5.16. The first-order chi connectivity index (χ1) is 17.0. The molecule has 190 valence electrons. The zero-order valence-electron chi connectivity index (χ0n) is 20.9. The molecule has 3 aromatic rings. The van der Waals surface area contributed by atoms with Crippen LogP contribution < -0.4 is 5.32 Å². The zero-order valence-corrected chi connectivity index (χ0v) is 22.4. The molecule has 2 atom stereocenters. The molecule has 7 nitrogen and oxygen atoms in total. The van der Waals surface area contributed by atoms with E-state index in [1.54, 1.807) is 34.8 Å². The lowest BCUT2D eigenvalue weighted by molar-refractivity contribution is -0.155. The van der Waals surface area contributed by atoms with Gasteiger partial charge in [0.15, 0.2) is 0 Å². The number of nitrogens with one attached hydrogen (secondary N) is 1. The third-order valence-electron chi connectivity index (χ3n) is 6.95. The first-order valence-electron chi connectivity index (χ1n) is 12.0. The summed E-state index contributed by atoms with van der Waals surface area (Å²) in [6, 6.07) is 10.2. The van der Waals surface area contributed by atoms with Crippen LogP contribution in [0.2, 0.25) is 5.02 Å². The topological polar surface area (TPSA) is 95.4 Å². The number of halogens is 1. The maximum atomic E-state index is 13.6. The van der Waals surface area contributed by atoms with Gasteiger partial charge in [0.05, 0.1) is 5.60 Å².